The van der Waals surface area contributed by atoms with Crippen molar-refractivity contribution in [3.05, 3.63) is 17.7 Å². The molecule has 2 fully saturated rings. The average molecular weight is 247 g/mol. The van der Waals surface area contributed by atoms with Crippen LogP contribution in [0.1, 0.15) is 24.8 Å². The fraction of sp³-hybridized carbons (Fsp3) is 0.643. The van der Waals surface area contributed by atoms with Crippen molar-refractivity contribution in [2.75, 3.05) is 36.5 Å². The quantitative estimate of drug-likeness (QED) is 0.888. The minimum absolute atomic E-state index is 0.636. The second-order valence-corrected chi connectivity index (χ2v) is 5.26. The van der Waals surface area contributed by atoms with Crippen LogP contribution in [0.15, 0.2) is 12.1 Å². The summed E-state index contributed by atoms with van der Waals surface area (Å²) in [6.07, 6.45) is 3.91. The van der Waals surface area contributed by atoms with E-state index < -0.39 is 0 Å². The lowest BCUT2D eigenvalue weighted by Gasteiger charge is -2.30. The monoisotopic (exact) mass is 247 g/mol. The Balaban J connectivity index is 1.75. The highest BCUT2D eigenvalue weighted by atomic mass is 16.5. The van der Waals surface area contributed by atoms with Crippen LogP contribution >= 0.6 is 0 Å². The summed E-state index contributed by atoms with van der Waals surface area (Å²) in [4.78, 5) is 7.05. The van der Waals surface area contributed by atoms with Crippen LogP contribution < -0.4 is 10.2 Å². The molecule has 1 aliphatic carbocycles. The molecule has 0 unspecified atom stereocenters. The van der Waals surface area contributed by atoms with E-state index in [-0.39, 0.29) is 0 Å². The van der Waals surface area contributed by atoms with E-state index in [4.69, 9.17) is 9.72 Å². The number of nitrogens with zero attached hydrogens (tertiary/aromatic N) is 2. The number of pyridine rings is 1. The van der Waals surface area contributed by atoms with E-state index >= 15 is 0 Å². The molecule has 0 atom stereocenters. The lowest BCUT2D eigenvalue weighted by molar-refractivity contribution is 0.122. The number of hydrogen-bond acceptors (Lipinski definition) is 4. The molecule has 0 amide bonds. The van der Waals surface area contributed by atoms with Crippen LogP contribution in [0, 0.1) is 6.92 Å². The van der Waals surface area contributed by atoms with Gasteiger partial charge in [0.1, 0.15) is 11.6 Å². The molecular formula is C14H21N3O. The number of nitrogens with one attached hydrogen (secondary N) is 1. The molecule has 2 aliphatic rings. The lowest BCUT2D eigenvalue weighted by atomic mass is 9.93. The second-order valence-electron chi connectivity index (χ2n) is 5.26. The maximum absolute atomic E-state index is 5.39. The van der Waals surface area contributed by atoms with Crippen LogP contribution in [0.5, 0.6) is 0 Å². The van der Waals surface area contributed by atoms with Crippen molar-refractivity contribution in [1.82, 2.24) is 4.98 Å². The third-order valence-corrected chi connectivity index (χ3v) is 3.75. The molecule has 1 saturated carbocycles. The third kappa shape index (κ3) is 2.58. The van der Waals surface area contributed by atoms with Gasteiger partial charge in [0.2, 0.25) is 0 Å². The summed E-state index contributed by atoms with van der Waals surface area (Å²) < 4.78 is 5.39. The summed E-state index contributed by atoms with van der Waals surface area (Å²) >= 11 is 0. The Labute approximate surface area is 108 Å². The highest BCUT2D eigenvalue weighted by Crippen LogP contribution is 2.24. The maximum Gasteiger partial charge on any atom is 0.131 e. The van der Waals surface area contributed by atoms with E-state index in [0.717, 1.165) is 37.9 Å². The molecule has 98 valence electrons. The molecule has 1 saturated heterocycles. The van der Waals surface area contributed by atoms with Crippen molar-refractivity contribution in [3.63, 3.8) is 0 Å². The number of morpholine rings is 1. The van der Waals surface area contributed by atoms with Crippen molar-refractivity contribution in [2.24, 2.45) is 0 Å². The molecule has 1 aromatic rings. The number of rotatable bonds is 3. The zero-order valence-corrected chi connectivity index (χ0v) is 11.0. The zero-order chi connectivity index (χ0) is 12.4. The van der Waals surface area contributed by atoms with Gasteiger partial charge in [-0.25, -0.2) is 4.98 Å². The van der Waals surface area contributed by atoms with Gasteiger partial charge in [-0.2, -0.15) is 0 Å². The second kappa shape index (κ2) is 5.14. The van der Waals surface area contributed by atoms with E-state index in [2.05, 4.69) is 29.3 Å². The predicted octanol–water partition coefficient (Wildman–Crippen LogP) is 2.19. The average Bonchev–Trinajstić information content (AvgIpc) is 2.34. The molecule has 4 heteroatoms. The van der Waals surface area contributed by atoms with Crippen molar-refractivity contribution in [3.8, 4) is 0 Å². The van der Waals surface area contributed by atoms with Gasteiger partial charge in [-0.15, -0.1) is 0 Å². The Morgan fingerprint density at radius 3 is 2.72 bits per heavy atom. The Hall–Kier alpha value is -1.29. The smallest absolute Gasteiger partial charge is 0.131 e. The minimum atomic E-state index is 0.636. The highest BCUT2D eigenvalue weighted by Gasteiger charge is 2.18. The SMILES string of the molecule is Cc1cc(NC2CCC2)nc(N2CCOCC2)c1. The van der Waals surface area contributed by atoms with Crippen LogP contribution in [0.25, 0.3) is 0 Å². The molecule has 1 N–H and O–H groups in total. The van der Waals surface area contributed by atoms with Crippen molar-refractivity contribution in [2.45, 2.75) is 32.2 Å². The minimum Gasteiger partial charge on any atom is -0.378 e. The fourth-order valence-electron chi connectivity index (χ4n) is 2.44. The normalized spacial score (nSPS) is 20.6. The van der Waals surface area contributed by atoms with E-state index in [1.54, 1.807) is 0 Å². The Morgan fingerprint density at radius 1 is 1.28 bits per heavy atom. The summed E-state index contributed by atoms with van der Waals surface area (Å²) in [5, 5.41) is 3.53. The molecule has 2 heterocycles. The Kier molecular flexibility index (Phi) is 3.37. The van der Waals surface area contributed by atoms with Crippen molar-refractivity contribution >= 4 is 11.6 Å². The topological polar surface area (TPSA) is 37.4 Å². The largest absolute Gasteiger partial charge is 0.378 e. The molecule has 1 aliphatic heterocycles. The van der Waals surface area contributed by atoms with E-state index in [0.29, 0.717) is 6.04 Å². The number of aryl methyl sites for hydroxylation is 1. The molecule has 4 nitrogen and oxygen atoms in total. The molecule has 0 radical (unpaired) electrons. The summed E-state index contributed by atoms with van der Waals surface area (Å²) in [7, 11) is 0. The maximum atomic E-state index is 5.39. The van der Waals surface area contributed by atoms with Gasteiger partial charge in [0.15, 0.2) is 0 Å². The predicted molar refractivity (Wildman–Crippen MR) is 73.3 cm³/mol. The summed E-state index contributed by atoms with van der Waals surface area (Å²) in [5.74, 6) is 2.11. The molecule has 0 bridgehead atoms. The van der Waals surface area contributed by atoms with Gasteiger partial charge in [0.05, 0.1) is 13.2 Å². The molecular weight excluding hydrogens is 226 g/mol. The molecule has 1 aromatic heterocycles. The van der Waals surface area contributed by atoms with Crippen LogP contribution in [-0.4, -0.2) is 37.3 Å². The summed E-state index contributed by atoms with van der Waals surface area (Å²) in [5.41, 5.74) is 1.27. The van der Waals surface area contributed by atoms with Gasteiger partial charge < -0.3 is 15.0 Å². The summed E-state index contributed by atoms with van der Waals surface area (Å²) in [6, 6.07) is 4.94. The van der Waals surface area contributed by atoms with Crippen LogP contribution in [0.2, 0.25) is 0 Å². The van der Waals surface area contributed by atoms with E-state index in [9.17, 15) is 0 Å². The molecule has 3 rings (SSSR count). The Morgan fingerprint density at radius 2 is 2.06 bits per heavy atom. The number of aromatic nitrogens is 1. The van der Waals surface area contributed by atoms with Gasteiger partial charge in [-0.05, 0) is 43.9 Å². The van der Waals surface area contributed by atoms with Crippen molar-refractivity contribution in [1.29, 1.82) is 0 Å². The highest BCUT2D eigenvalue weighted by molar-refractivity contribution is 5.51. The van der Waals surface area contributed by atoms with Gasteiger partial charge >= 0.3 is 0 Å². The molecule has 18 heavy (non-hydrogen) atoms. The van der Waals surface area contributed by atoms with Gasteiger partial charge in [0.25, 0.3) is 0 Å². The van der Waals surface area contributed by atoms with Crippen LogP contribution in [-0.2, 0) is 4.74 Å². The Bertz CT molecular complexity index is 412. The van der Waals surface area contributed by atoms with E-state index in [1.807, 2.05) is 0 Å². The zero-order valence-electron chi connectivity index (χ0n) is 11.0. The first kappa shape index (κ1) is 11.8. The first-order valence-electron chi connectivity index (χ1n) is 6.89. The summed E-state index contributed by atoms with van der Waals surface area (Å²) in [6.45, 7) is 5.64. The van der Waals surface area contributed by atoms with Gasteiger partial charge in [0, 0.05) is 19.1 Å². The van der Waals surface area contributed by atoms with Crippen LogP contribution in [0.4, 0.5) is 11.6 Å². The molecule has 0 aromatic carbocycles. The molecule has 0 spiro atoms. The van der Waals surface area contributed by atoms with E-state index in [1.165, 1.54) is 24.8 Å². The lowest BCUT2D eigenvalue weighted by Crippen LogP contribution is -2.37. The number of ether oxygens (including phenoxy) is 1. The van der Waals surface area contributed by atoms with Crippen molar-refractivity contribution < 1.29 is 4.74 Å². The third-order valence-electron chi connectivity index (χ3n) is 3.75. The first-order chi connectivity index (χ1) is 8.81. The van der Waals surface area contributed by atoms with Crippen LogP contribution in [0.3, 0.4) is 0 Å². The first-order valence-corrected chi connectivity index (χ1v) is 6.89. The fourth-order valence-corrected chi connectivity index (χ4v) is 2.44. The number of hydrogen-bond donors (Lipinski definition) is 1. The van der Waals surface area contributed by atoms with Gasteiger partial charge in [-0.1, -0.05) is 0 Å². The number of anilines is 2. The van der Waals surface area contributed by atoms with Gasteiger partial charge in [-0.3, -0.25) is 0 Å². The standard InChI is InChI=1S/C14H21N3O/c1-11-9-13(15-12-3-2-4-12)16-14(10-11)17-5-7-18-8-6-17/h9-10,12H,2-8H2,1H3,(H,15,16).